The number of rotatable bonds is 5. The molecule has 5 nitrogen and oxygen atoms in total. The van der Waals surface area contributed by atoms with Crippen LogP contribution in [0.1, 0.15) is 11.6 Å². The maximum Gasteiger partial charge on any atom is 0.319 e. The Morgan fingerprint density at radius 3 is 2.87 bits per heavy atom. The molecule has 0 saturated heterocycles. The molecule has 1 unspecified atom stereocenters. The summed E-state index contributed by atoms with van der Waals surface area (Å²) in [5, 5.41) is 14.5. The zero-order chi connectivity index (χ0) is 16.1. The van der Waals surface area contributed by atoms with Gasteiger partial charge in [0.2, 0.25) is 0 Å². The predicted octanol–water partition coefficient (Wildman–Crippen LogP) is 4.01. The van der Waals surface area contributed by atoms with E-state index in [1.54, 1.807) is 29.7 Å². The Kier molecular flexibility index (Phi) is 4.95. The van der Waals surface area contributed by atoms with Gasteiger partial charge < -0.3 is 10.6 Å². The van der Waals surface area contributed by atoms with Crippen molar-refractivity contribution in [1.82, 2.24) is 15.1 Å². The van der Waals surface area contributed by atoms with Crippen LogP contribution >= 0.6 is 22.9 Å². The second kappa shape index (κ2) is 7.30. The standard InChI is InChI=1S/C16H15ClN4OS/c17-13-4-1-2-5-14(13)20-16(22)18-10-15(12-6-9-23-11-12)21-8-3-7-19-21/h1-9,11,15H,10H2,(H2,18,20,22). The lowest BCUT2D eigenvalue weighted by atomic mass is 10.1. The summed E-state index contributed by atoms with van der Waals surface area (Å²) in [6.07, 6.45) is 3.61. The molecule has 0 radical (unpaired) electrons. The molecule has 1 atom stereocenters. The first-order valence-corrected chi connectivity index (χ1v) is 8.37. The number of para-hydroxylation sites is 1. The van der Waals surface area contributed by atoms with E-state index in [1.807, 2.05) is 40.5 Å². The number of anilines is 1. The fraction of sp³-hybridized carbons (Fsp3) is 0.125. The third kappa shape index (κ3) is 3.91. The minimum absolute atomic E-state index is 0.0479. The summed E-state index contributed by atoms with van der Waals surface area (Å²) in [7, 11) is 0. The van der Waals surface area contributed by atoms with Crippen molar-refractivity contribution >= 4 is 34.7 Å². The van der Waals surface area contributed by atoms with Gasteiger partial charge in [-0.15, -0.1) is 0 Å². The normalized spacial score (nSPS) is 11.9. The minimum Gasteiger partial charge on any atom is -0.335 e. The van der Waals surface area contributed by atoms with Crippen LogP contribution in [0.15, 0.2) is 59.6 Å². The number of hydrogen-bond donors (Lipinski definition) is 2. The third-order valence-electron chi connectivity index (χ3n) is 3.35. The summed E-state index contributed by atoms with van der Waals surface area (Å²) in [4.78, 5) is 12.1. The first kappa shape index (κ1) is 15.6. The van der Waals surface area contributed by atoms with Crippen LogP contribution in [0.5, 0.6) is 0 Å². The van der Waals surface area contributed by atoms with Gasteiger partial charge in [-0.25, -0.2) is 4.79 Å². The van der Waals surface area contributed by atoms with Crippen molar-refractivity contribution in [1.29, 1.82) is 0 Å². The van der Waals surface area contributed by atoms with Crippen molar-refractivity contribution in [3.8, 4) is 0 Å². The number of thiophene rings is 1. The lowest BCUT2D eigenvalue weighted by molar-refractivity contribution is 0.250. The maximum atomic E-state index is 12.1. The first-order valence-electron chi connectivity index (χ1n) is 7.04. The van der Waals surface area contributed by atoms with E-state index in [0.717, 1.165) is 5.56 Å². The van der Waals surface area contributed by atoms with Gasteiger partial charge in [0.1, 0.15) is 0 Å². The number of nitrogens with zero attached hydrogens (tertiary/aromatic N) is 2. The zero-order valence-electron chi connectivity index (χ0n) is 12.1. The molecule has 0 saturated carbocycles. The number of halogens is 1. The quantitative estimate of drug-likeness (QED) is 0.733. The second-order valence-corrected chi connectivity index (χ2v) is 6.06. The fourth-order valence-corrected chi connectivity index (χ4v) is 3.10. The van der Waals surface area contributed by atoms with Gasteiger partial charge in [0.15, 0.2) is 0 Å². The molecule has 2 aromatic heterocycles. The highest BCUT2D eigenvalue weighted by Crippen LogP contribution is 2.21. The molecule has 0 aliphatic heterocycles. The van der Waals surface area contributed by atoms with Crippen molar-refractivity contribution in [2.45, 2.75) is 6.04 Å². The molecular weight excluding hydrogens is 332 g/mol. The maximum absolute atomic E-state index is 12.1. The van der Waals surface area contributed by atoms with Gasteiger partial charge >= 0.3 is 6.03 Å². The molecule has 0 aliphatic carbocycles. The Labute approximate surface area is 142 Å². The fourth-order valence-electron chi connectivity index (χ4n) is 2.21. The largest absolute Gasteiger partial charge is 0.335 e. The number of benzene rings is 1. The highest BCUT2D eigenvalue weighted by atomic mass is 35.5. The van der Waals surface area contributed by atoms with Crippen LogP contribution in [0.3, 0.4) is 0 Å². The molecule has 118 valence electrons. The average molecular weight is 347 g/mol. The lowest BCUT2D eigenvalue weighted by Crippen LogP contribution is -2.34. The molecule has 0 bridgehead atoms. The van der Waals surface area contributed by atoms with Crippen LogP contribution in [0.2, 0.25) is 5.02 Å². The number of aromatic nitrogens is 2. The third-order valence-corrected chi connectivity index (χ3v) is 4.38. The predicted molar refractivity (Wildman–Crippen MR) is 93.2 cm³/mol. The van der Waals surface area contributed by atoms with E-state index < -0.39 is 0 Å². The molecule has 23 heavy (non-hydrogen) atoms. The molecule has 3 aromatic rings. The molecule has 7 heteroatoms. The molecule has 2 N–H and O–H groups in total. The number of nitrogens with one attached hydrogen (secondary N) is 2. The highest BCUT2D eigenvalue weighted by Gasteiger charge is 2.16. The Hall–Kier alpha value is -2.31. The van der Waals surface area contributed by atoms with Crippen LogP contribution < -0.4 is 10.6 Å². The van der Waals surface area contributed by atoms with Gasteiger partial charge in [-0.3, -0.25) is 4.68 Å². The van der Waals surface area contributed by atoms with Crippen molar-refractivity contribution in [2.24, 2.45) is 0 Å². The van der Waals surface area contributed by atoms with Crippen LogP contribution in [0, 0.1) is 0 Å². The van der Waals surface area contributed by atoms with Gasteiger partial charge in [-0.05, 0) is 40.6 Å². The minimum atomic E-state index is -0.300. The summed E-state index contributed by atoms with van der Waals surface area (Å²) in [5.41, 5.74) is 1.69. The monoisotopic (exact) mass is 346 g/mol. The van der Waals surface area contributed by atoms with Crippen LogP contribution in [-0.4, -0.2) is 22.4 Å². The smallest absolute Gasteiger partial charge is 0.319 e. The molecule has 0 spiro atoms. The summed E-state index contributed by atoms with van der Waals surface area (Å²) in [6.45, 7) is 0.425. The average Bonchev–Trinajstić information content (AvgIpc) is 3.23. The van der Waals surface area contributed by atoms with Crippen LogP contribution in [0.4, 0.5) is 10.5 Å². The van der Waals surface area contributed by atoms with E-state index in [2.05, 4.69) is 21.1 Å². The van der Waals surface area contributed by atoms with Crippen LogP contribution in [0.25, 0.3) is 0 Å². The molecule has 0 aliphatic rings. The molecule has 0 fully saturated rings. The molecule has 1 aromatic carbocycles. The summed E-state index contributed by atoms with van der Waals surface area (Å²) >= 11 is 7.66. The van der Waals surface area contributed by atoms with E-state index in [-0.39, 0.29) is 12.1 Å². The van der Waals surface area contributed by atoms with E-state index in [9.17, 15) is 4.79 Å². The van der Waals surface area contributed by atoms with Gasteiger partial charge in [0.05, 0.1) is 16.8 Å². The Balaban J connectivity index is 1.65. The second-order valence-electron chi connectivity index (χ2n) is 4.87. The Bertz CT molecular complexity index is 724. The van der Waals surface area contributed by atoms with Gasteiger partial charge in [-0.2, -0.15) is 16.4 Å². The number of hydrogen-bond acceptors (Lipinski definition) is 3. The molecule has 2 heterocycles. The summed E-state index contributed by atoms with van der Waals surface area (Å²) in [5.74, 6) is 0. The molecule has 3 rings (SSSR count). The lowest BCUT2D eigenvalue weighted by Gasteiger charge is -2.18. The van der Waals surface area contributed by atoms with E-state index >= 15 is 0 Å². The van der Waals surface area contributed by atoms with Gasteiger partial charge in [0, 0.05) is 18.9 Å². The van der Waals surface area contributed by atoms with Crippen molar-refractivity contribution in [2.75, 3.05) is 11.9 Å². The highest BCUT2D eigenvalue weighted by molar-refractivity contribution is 7.07. The molecular formula is C16H15ClN4OS. The van der Waals surface area contributed by atoms with E-state index in [0.29, 0.717) is 17.3 Å². The van der Waals surface area contributed by atoms with Gasteiger partial charge in [-0.1, -0.05) is 23.7 Å². The Morgan fingerprint density at radius 1 is 1.30 bits per heavy atom. The SMILES string of the molecule is O=C(NCC(c1ccsc1)n1cccn1)Nc1ccccc1Cl. The number of carbonyl (C=O) groups is 1. The van der Waals surface area contributed by atoms with Crippen LogP contribution in [-0.2, 0) is 0 Å². The summed E-state index contributed by atoms with van der Waals surface area (Å²) in [6, 6.07) is 10.7. The zero-order valence-corrected chi connectivity index (χ0v) is 13.7. The van der Waals surface area contributed by atoms with Crippen molar-refractivity contribution < 1.29 is 4.79 Å². The number of carbonyl (C=O) groups excluding carboxylic acids is 1. The summed E-state index contributed by atoms with van der Waals surface area (Å²) < 4.78 is 1.83. The van der Waals surface area contributed by atoms with Gasteiger partial charge in [0.25, 0.3) is 0 Å². The van der Waals surface area contributed by atoms with E-state index in [4.69, 9.17) is 11.6 Å². The first-order chi connectivity index (χ1) is 11.2. The Morgan fingerprint density at radius 2 is 2.17 bits per heavy atom. The number of amides is 2. The molecule has 2 amide bonds. The number of urea groups is 1. The topological polar surface area (TPSA) is 59.0 Å². The van der Waals surface area contributed by atoms with E-state index in [1.165, 1.54) is 0 Å². The van der Waals surface area contributed by atoms with Crippen molar-refractivity contribution in [3.63, 3.8) is 0 Å². The van der Waals surface area contributed by atoms with Crippen molar-refractivity contribution in [3.05, 3.63) is 70.1 Å².